The molecule has 3 aromatic rings. The van der Waals surface area contributed by atoms with Crippen LogP contribution in [0, 0.1) is 18.6 Å². The number of hydrogen-bond acceptors (Lipinski definition) is 3. The zero-order chi connectivity index (χ0) is 20.3. The van der Waals surface area contributed by atoms with Gasteiger partial charge in [-0.3, -0.25) is 9.52 Å². The average molecular weight is 402 g/mol. The lowest BCUT2D eigenvalue weighted by atomic mass is 10.1. The molecular weight excluding hydrogens is 386 g/mol. The SMILES string of the molecule is Cc1c(NS(=O)(=O)c2ccccc2)cccc1C(=O)Nc1c(F)cccc1F. The first kappa shape index (κ1) is 19.5. The van der Waals surface area contributed by atoms with Gasteiger partial charge in [0.1, 0.15) is 17.3 Å². The van der Waals surface area contributed by atoms with E-state index in [1.54, 1.807) is 18.2 Å². The summed E-state index contributed by atoms with van der Waals surface area (Å²) < 4.78 is 55.0. The highest BCUT2D eigenvalue weighted by Crippen LogP contribution is 2.25. The number of carbonyl (C=O) groups is 1. The number of nitrogens with one attached hydrogen (secondary N) is 2. The Morgan fingerprint density at radius 3 is 2.11 bits per heavy atom. The Bertz CT molecular complexity index is 1110. The Kier molecular flexibility index (Phi) is 5.41. The molecule has 144 valence electrons. The Balaban J connectivity index is 1.90. The van der Waals surface area contributed by atoms with Crippen LogP contribution in [0.3, 0.4) is 0 Å². The van der Waals surface area contributed by atoms with Crippen molar-refractivity contribution in [3.63, 3.8) is 0 Å². The maximum Gasteiger partial charge on any atom is 0.261 e. The van der Waals surface area contributed by atoms with E-state index in [0.29, 0.717) is 5.56 Å². The largest absolute Gasteiger partial charge is 0.317 e. The van der Waals surface area contributed by atoms with Crippen molar-refractivity contribution in [3.8, 4) is 0 Å². The van der Waals surface area contributed by atoms with Crippen LogP contribution in [-0.4, -0.2) is 14.3 Å². The van der Waals surface area contributed by atoms with E-state index in [0.717, 1.165) is 12.1 Å². The monoisotopic (exact) mass is 402 g/mol. The Morgan fingerprint density at radius 2 is 1.46 bits per heavy atom. The van der Waals surface area contributed by atoms with E-state index in [1.165, 1.54) is 43.3 Å². The number of carbonyl (C=O) groups excluding carboxylic acids is 1. The zero-order valence-corrected chi connectivity index (χ0v) is 15.6. The molecule has 0 unspecified atom stereocenters. The number of para-hydroxylation sites is 1. The second kappa shape index (κ2) is 7.77. The zero-order valence-electron chi connectivity index (χ0n) is 14.7. The van der Waals surface area contributed by atoms with Gasteiger partial charge in [-0.15, -0.1) is 0 Å². The molecule has 0 heterocycles. The fraction of sp³-hybridized carbons (Fsp3) is 0.0500. The lowest BCUT2D eigenvalue weighted by Gasteiger charge is -2.14. The van der Waals surface area contributed by atoms with Gasteiger partial charge < -0.3 is 5.32 Å². The highest BCUT2D eigenvalue weighted by atomic mass is 32.2. The highest BCUT2D eigenvalue weighted by Gasteiger charge is 2.19. The quantitative estimate of drug-likeness (QED) is 0.667. The molecule has 5 nitrogen and oxygen atoms in total. The summed E-state index contributed by atoms with van der Waals surface area (Å²) in [6.07, 6.45) is 0. The lowest BCUT2D eigenvalue weighted by Crippen LogP contribution is -2.18. The fourth-order valence-electron chi connectivity index (χ4n) is 2.59. The van der Waals surface area contributed by atoms with Crippen LogP contribution in [0.1, 0.15) is 15.9 Å². The van der Waals surface area contributed by atoms with Crippen LogP contribution in [0.5, 0.6) is 0 Å². The fourth-order valence-corrected chi connectivity index (χ4v) is 3.74. The minimum Gasteiger partial charge on any atom is -0.317 e. The number of sulfonamides is 1. The highest BCUT2D eigenvalue weighted by molar-refractivity contribution is 7.92. The van der Waals surface area contributed by atoms with Crippen LogP contribution in [0.2, 0.25) is 0 Å². The van der Waals surface area contributed by atoms with Crippen molar-refractivity contribution in [1.29, 1.82) is 0 Å². The maximum atomic E-state index is 13.8. The lowest BCUT2D eigenvalue weighted by molar-refractivity contribution is 0.102. The minimum absolute atomic E-state index is 0.0673. The van der Waals surface area contributed by atoms with E-state index in [4.69, 9.17) is 0 Å². The van der Waals surface area contributed by atoms with Gasteiger partial charge in [0.05, 0.1) is 10.6 Å². The molecule has 0 aliphatic heterocycles. The summed E-state index contributed by atoms with van der Waals surface area (Å²) in [5.41, 5.74) is 0.0137. The number of benzene rings is 3. The van der Waals surface area contributed by atoms with Crippen molar-refractivity contribution < 1.29 is 22.0 Å². The van der Waals surface area contributed by atoms with Crippen LogP contribution in [0.25, 0.3) is 0 Å². The molecule has 0 fully saturated rings. The molecule has 0 aliphatic rings. The summed E-state index contributed by atoms with van der Waals surface area (Å²) in [5, 5.41) is 2.19. The average Bonchev–Trinajstić information content (AvgIpc) is 2.67. The van der Waals surface area contributed by atoms with Crippen LogP contribution >= 0.6 is 0 Å². The summed E-state index contributed by atoms with van der Waals surface area (Å²) in [7, 11) is -3.85. The van der Waals surface area contributed by atoms with E-state index < -0.39 is 33.3 Å². The first-order valence-corrected chi connectivity index (χ1v) is 9.71. The predicted molar refractivity (Wildman–Crippen MR) is 103 cm³/mol. The van der Waals surface area contributed by atoms with E-state index >= 15 is 0 Å². The second-order valence-corrected chi connectivity index (χ2v) is 7.63. The van der Waals surface area contributed by atoms with Crippen molar-refractivity contribution in [3.05, 3.63) is 89.5 Å². The van der Waals surface area contributed by atoms with Crippen molar-refractivity contribution in [2.24, 2.45) is 0 Å². The van der Waals surface area contributed by atoms with Crippen molar-refractivity contribution in [2.45, 2.75) is 11.8 Å². The predicted octanol–water partition coefficient (Wildman–Crippen LogP) is 4.33. The molecule has 3 rings (SSSR count). The normalized spacial score (nSPS) is 11.1. The van der Waals surface area contributed by atoms with E-state index in [2.05, 4.69) is 10.0 Å². The molecule has 2 N–H and O–H groups in total. The summed E-state index contributed by atoms with van der Waals surface area (Å²) in [6.45, 7) is 1.54. The first-order chi connectivity index (χ1) is 13.3. The third-order valence-corrected chi connectivity index (χ3v) is 5.46. The van der Waals surface area contributed by atoms with Crippen LogP contribution in [0.15, 0.2) is 71.6 Å². The molecule has 0 atom stereocenters. The third kappa shape index (κ3) is 4.01. The Hall–Kier alpha value is -3.26. The molecule has 8 heteroatoms. The van der Waals surface area contributed by atoms with Gasteiger partial charge >= 0.3 is 0 Å². The molecule has 0 saturated heterocycles. The summed E-state index contributed by atoms with van der Waals surface area (Å²) in [6, 6.07) is 15.4. The number of halogens is 2. The Labute approximate surface area is 161 Å². The van der Waals surface area contributed by atoms with Gasteiger partial charge in [0.2, 0.25) is 0 Å². The minimum atomic E-state index is -3.85. The number of amides is 1. The molecule has 0 bridgehead atoms. The number of hydrogen-bond donors (Lipinski definition) is 2. The number of anilines is 2. The summed E-state index contributed by atoms with van der Waals surface area (Å²) in [5.74, 6) is -2.58. The summed E-state index contributed by atoms with van der Waals surface area (Å²) in [4.78, 5) is 12.6. The van der Waals surface area contributed by atoms with Crippen LogP contribution < -0.4 is 10.0 Å². The van der Waals surface area contributed by atoms with Gasteiger partial charge in [-0.05, 0) is 48.9 Å². The molecule has 28 heavy (non-hydrogen) atoms. The summed E-state index contributed by atoms with van der Waals surface area (Å²) >= 11 is 0. The van der Waals surface area contributed by atoms with Crippen LogP contribution in [0.4, 0.5) is 20.2 Å². The van der Waals surface area contributed by atoms with E-state index in [1.807, 2.05) is 0 Å². The smallest absolute Gasteiger partial charge is 0.261 e. The Morgan fingerprint density at radius 1 is 0.857 bits per heavy atom. The standard InChI is InChI=1S/C20H16F2N2O3S/c1-13-15(20(25)23-19-16(21)10-6-11-17(19)22)9-5-12-18(13)24-28(26,27)14-7-3-2-4-8-14/h2-12,24H,1H3,(H,23,25). The molecule has 0 aromatic heterocycles. The second-order valence-electron chi connectivity index (χ2n) is 5.95. The molecule has 0 aliphatic carbocycles. The van der Waals surface area contributed by atoms with Crippen molar-refractivity contribution >= 4 is 27.3 Å². The van der Waals surface area contributed by atoms with Gasteiger partial charge in [-0.1, -0.05) is 30.3 Å². The van der Waals surface area contributed by atoms with Crippen molar-refractivity contribution in [1.82, 2.24) is 0 Å². The molecule has 0 radical (unpaired) electrons. The molecule has 0 saturated carbocycles. The molecular formula is C20H16F2N2O3S. The number of rotatable bonds is 5. The maximum absolute atomic E-state index is 13.8. The van der Waals surface area contributed by atoms with Gasteiger partial charge in [-0.2, -0.15) is 0 Å². The van der Waals surface area contributed by atoms with Gasteiger partial charge in [-0.25, -0.2) is 17.2 Å². The van der Waals surface area contributed by atoms with E-state index in [-0.39, 0.29) is 16.1 Å². The van der Waals surface area contributed by atoms with Gasteiger partial charge in [0.25, 0.3) is 15.9 Å². The topological polar surface area (TPSA) is 75.3 Å². The molecule has 0 spiro atoms. The molecule has 1 amide bonds. The van der Waals surface area contributed by atoms with Crippen LogP contribution in [-0.2, 0) is 10.0 Å². The van der Waals surface area contributed by atoms with Gasteiger partial charge in [0, 0.05) is 5.56 Å². The van der Waals surface area contributed by atoms with E-state index in [9.17, 15) is 22.0 Å². The third-order valence-electron chi connectivity index (χ3n) is 4.08. The van der Waals surface area contributed by atoms with Gasteiger partial charge in [0.15, 0.2) is 0 Å². The first-order valence-electron chi connectivity index (χ1n) is 8.22. The van der Waals surface area contributed by atoms with Crippen molar-refractivity contribution in [2.75, 3.05) is 10.0 Å². The molecule has 3 aromatic carbocycles.